The monoisotopic (exact) mass is 296 g/mol. The SMILES string of the molecule is CCCCOC(=O)CCC(=O)OCCc1ccc(F)cc1. The lowest BCUT2D eigenvalue weighted by atomic mass is 10.2. The number of ether oxygens (including phenoxy) is 2. The van der Waals surface area contributed by atoms with Crippen LogP contribution in [0.4, 0.5) is 4.39 Å². The number of halogens is 1. The third kappa shape index (κ3) is 8.07. The molecule has 21 heavy (non-hydrogen) atoms. The smallest absolute Gasteiger partial charge is 0.306 e. The van der Waals surface area contributed by atoms with E-state index in [2.05, 4.69) is 0 Å². The molecule has 0 amide bonds. The van der Waals surface area contributed by atoms with Crippen LogP contribution in [0, 0.1) is 5.82 Å². The highest BCUT2D eigenvalue weighted by molar-refractivity contribution is 5.77. The molecule has 0 fully saturated rings. The molecule has 0 aliphatic heterocycles. The summed E-state index contributed by atoms with van der Waals surface area (Å²) in [4.78, 5) is 22.7. The molecule has 0 aromatic heterocycles. The van der Waals surface area contributed by atoms with E-state index in [4.69, 9.17) is 9.47 Å². The molecular weight excluding hydrogens is 275 g/mol. The Kier molecular flexibility index (Phi) is 8.09. The van der Waals surface area contributed by atoms with Crippen molar-refractivity contribution < 1.29 is 23.5 Å². The highest BCUT2D eigenvalue weighted by Crippen LogP contribution is 2.04. The van der Waals surface area contributed by atoms with Gasteiger partial charge in [-0.2, -0.15) is 0 Å². The van der Waals surface area contributed by atoms with Gasteiger partial charge in [-0.25, -0.2) is 4.39 Å². The van der Waals surface area contributed by atoms with Gasteiger partial charge in [-0.05, 0) is 24.1 Å². The number of carbonyl (C=O) groups is 2. The predicted octanol–water partition coefficient (Wildman–Crippen LogP) is 3.03. The van der Waals surface area contributed by atoms with Crippen molar-refractivity contribution in [2.75, 3.05) is 13.2 Å². The summed E-state index contributed by atoms with van der Waals surface area (Å²) in [6.07, 6.45) is 2.37. The molecule has 116 valence electrons. The number of rotatable bonds is 9. The summed E-state index contributed by atoms with van der Waals surface area (Å²) >= 11 is 0. The third-order valence-electron chi connectivity index (χ3n) is 2.86. The van der Waals surface area contributed by atoms with Crippen molar-refractivity contribution in [1.29, 1.82) is 0 Å². The Morgan fingerprint density at radius 3 is 2.14 bits per heavy atom. The Balaban J connectivity index is 2.11. The molecule has 0 aliphatic carbocycles. The minimum Gasteiger partial charge on any atom is -0.466 e. The molecular formula is C16H21FO4. The van der Waals surface area contributed by atoms with Crippen LogP contribution in [-0.2, 0) is 25.5 Å². The van der Waals surface area contributed by atoms with Crippen LogP contribution in [-0.4, -0.2) is 25.2 Å². The van der Waals surface area contributed by atoms with Gasteiger partial charge in [0.2, 0.25) is 0 Å². The summed E-state index contributed by atoms with van der Waals surface area (Å²) in [6, 6.07) is 6.02. The molecule has 0 unspecified atom stereocenters. The molecule has 1 aromatic carbocycles. The topological polar surface area (TPSA) is 52.6 Å². The van der Waals surface area contributed by atoms with Gasteiger partial charge in [0.15, 0.2) is 0 Å². The van der Waals surface area contributed by atoms with Gasteiger partial charge in [-0.3, -0.25) is 9.59 Å². The van der Waals surface area contributed by atoms with Crippen LogP contribution in [0.15, 0.2) is 24.3 Å². The van der Waals surface area contributed by atoms with Gasteiger partial charge < -0.3 is 9.47 Å². The van der Waals surface area contributed by atoms with Crippen molar-refractivity contribution in [3.05, 3.63) is 35.6 Å². The lowest BCUT2D eigenvalue weighted by Crippen LogP contribution is -2.12. The number of carbonyl (C=O) groups excluding carboxylic acids is 2. The quantitative estimate of drug-likeness (QED) is 0.519. The van der Waals surface area contributed by atoms with Crippen LogP contribution < -0.4 is 0 Å². The number of hydrogen-bond acceptors (Lipinski definition) is 4. The molecule has 0 saturated heterocycles. The highest BCUT2D eigenvalue weighted by atomic mass is 19.1. The Hall–Kier alpha value is -1.91. The van der Waals surface area contributed by atoms with E-state index in [-0.39, 0.29) is 31.2 Å². The number of hydrogen-bond donors (Lipinski definition) is 0. The van der Waals surface area contributed by atoms with Crippen molar-refractivity contribution in [2.24, 2.45) is 0 Å². The summed E-state index contributed by atoms with van der Waals surface area (Å²) in [7, 11) is 0. The van der Waals surface area contributed by atoms with Gasteiger partial charge in [-0.15, -0.1) is 0 Å². The lowest BCUT2D eigenvalue weighted by Gasteiger charge is -2.06. The van der Waals surface area contributed by atoms with E-state index in [1.54, 1.807) is 12.1 Å². The largest absolute Gasteiger partial charge is 0.466 e. The van der Waals surface area contributed by atoms with E-state index in [1.165, 1.54) is 12.1 Å². The standard InChI is InChI=1S/C16H21FO4/c1-2-3-11-20-15(18)8-9-16(19)21-12-10-13-4-6-14(17)7-5-13/h4-7H,2-3,8-12H2,1H3. The van der Waals surface area contributed by atoms with E-state index in [0.29, 0.717) is 13.0 Å². The Bertz CT molecular complexity index is 442. The fourth-order valence-corrected chi connectivity index (χ4v) is 1.61. The van der Waals surface area contributed by atoms with E-state index in [0.717, 1.165) is 18.4 Å². The van der Waals surface area contributed by atoms with E-state index >= 15 is 0 Å². The van der Waals surface area contributed by atoms with Crippen molar-refractivity contribution in [3.63, 3.8) is 0 Å². The molecule has 4 nitrogen and oxygen atoms in total. The maximum Gasteiger partial charge on any atom is 0.306 e. The van der Waals surface area contributed by atoms with Crippen molar-refractivity contribution in [1.82, 2.24) is 0 Å². The molecule has 0 spiro atoms. The van der Waals surface area contributed by atoms with E-state index < -0.39 is 5.97 Å². The number of benzene rings is 1. The van der Waals surface area contributed by atoms with Gasteiger partial charge in [0, 0.05) is 6.42 Å². The molecule has 0 heterocycles. The maximum atomic E-state index is 12.7. The first kappa shape index (κ1) is 17.1. The Labute approximate surface area is 124 Å². The Morgan fingerprint density at radius 2 is 1.57 bits per heavy atom. The predicted molar refractivity (Wildman–Crippen MR) is 76.2 cm³/mol. The third-order valence-corrected chi connectivity index (χ3v) is 2.86. The molecule has 0 aliphatic rings. The average Bonchev–Trinajstić information content (AvgIpc) is 2.47. The van der Waals surface area contributed by atoms with Crippen LogP contribution in [0.3, 0.4) is 0 Å². The number of esters is 2. The molecule has 0 N–H and O–H groups in total. The van der Waals surface area contributed by atoms with E-state index in [1.807, 2.05) is 6.92 Å². The zero-order valence-electron chi connectivity index (χ0n) is 12.3. The van der Waals surface area contributed by atoms with Gasteiger partial charge in [0.05, 0.1) is 26.1 Å². The summed E-state index contributed by atoms with van der Waals surface area (Å²) in [5.41, 5.74) is 0.892. The molecule has 0 bridgehead atoms. The molecule has 1 aromatic rings. The maximum absolute atomic E-state index is 12.7. The lowest BCUT2D eigenvalue weighted by molar-refractivity contribution is -0.150. The summed E-state index contributed by atoms with van der Waals surface area (Å²) in [5.74, 6) is -1.10. The molecule has 1 rings (SSSR count). The van der Waals surface area contributed by atoms with Crippen LogP contribution >= 0.6 is 0 Å². The van der Waals surface area contributed by atoms with Gasteiger partial charge in [-0.1, -0.05) is 25.5 Å². The second kappa shape index (κ2) is 9.91. The van der Waals surface area contributed by atoms with Crippen molar-refractivity contribution in [2.45, 2.75) is 39.0 Å². The van der Waals surface area contributed by atoms with E-state index in [9.17, 15) is 14.0 Å². The first-order valence-corrected chi connectivity index (χ1v) is 7.17. The van der Waals surface area contributed by atoms with Gasteiger partial charge in [0.1, 0.15) is 5.82 Å². The Morgan fingerprint density at radius 1 is 1.00 bits per heavy atom. The van der Waals surface area contributed by atoms with Crippen molar-refractivity contribution >= 4 is 11.9 Å². The second-order valence-electron chi connectivity index (χ2n) is 4.67. The normalized spacial score (nSPS) is 10.2. The van der Waals surface area contributed by atoms with Crippen LogP contribution in [0.5, 0.6) is 0 Å². The molecule has 0 atom stereocenters. The summed E-state index contributed by atoms with van der Waals surface area (Å²) < 4.78 is 22.6. The molecule has 0 saturated carbocycles. The average molecular weight is 296 g/mol. The molecule has 0 radical (unpaired) electrons. The van der Waals surface area contributed by atoms with Crippen LogP contribution in [0.2, 0.25) is 0 Å². The van der Waals surface area contributed by atoms with Gasteiger partial charge >= 0.3 is 11.9 Å². The first-order valence-electron chi connectivity index (χ1n) is 7.17. The minimum atomic E-state index is -0.426. The number of unbranched alkanes of at least 4 members (excludes halogenated alkanes) is 1. The molecule has 5 heteroatoms. The zero-order chi connectivity index (χ0) is 15.5. The van der Waals surface area contributed by atoms with Crippen LogP contribution in [0.25, 0.3) is 0 Å². The second-order valence-corrected chi connectivity index (χ2v) is 4.67. The minimum absolute atomic E-state index is 0.0222. The van der Waals surface area contributed by atoms with Crippen LogP contribution in [0.1, 0.15) is 38.2 Å². The summed E-state index contributed by atoms with van der Waals surface area (Å²) in [5, 5.41) is 0. The first-order chi connectivity index (χ1) is 10.1. The fourth-order valence-electron chi connectivity index (χ4n) is 1.61. The zero-order valence-corrected chi connectivity index (χ0v) is 12.3. The fraction of sp³-hybridized carbons (Fsp3) is 0.500. The van der Waals surface area contributed by atoms with Crippen molar-refractivity contribution in [3.8, 4) is 0 Å². The highest BCUT2D eigenvalue weighted by Gasteiger charge is 2.09. The van der Waals surface area contributed by atoms with Gasteiger partial charge in [0.25, 0.3) is 0 Å². The summed E-state index contributed by atoms with van der Waals surface area (Å²) in [6.45, 7) is 2.62.